The molecule has 3 aromatic rings. The fourth-order valence-electron chi connectivity index (χ4n) is 2.24. The summed E-state index contributed by atoms with van der Waals surface area (Å²) in [6.45, 7) is 2.46. The van der Waals surface area contributed by atoms with Crippen LogP contribution in [0, 0.1) is 6.92 Å². The van der Waals surface area contributed by atoms with E-state index in [4.69, 9.17) is 23.2 Å². The quantitative estimate of drug-likeness (QED) is 0.645. The summed E-state index contributed by atoms with van der Waals surface area (Å²) in [6.07, 6.45) is 3.53. The molecular weight excluding hydrogens is 429 g/mol. The van der Waals surface area contributed by atoms with E-state index in [-0.39, 0.29) is 12.5 Å². The minimum absolute atomic E-state index is 0.113. The van der Waals surface area contributed by atoms with Crippen LogP contribution in [-0.2, 0) is 17.9 Å². The van der Waals surface area contributed by atoms with Crippen LogP contribution in [0.3, 0.4) is 0 Å². The van der Waals surface area contributed by atoms with E-state index in [9.17, 15) is 4.79 Å². The molecule has 3 rings (SSSR count). The molecule has 0 aliphatic carbocycles. The topological polar surface area (TPSA) is 64.7 Å². The van der Waals surface area contributed by atoms with Gasteiger partial charge in [0.15, 0.2) is 5.82 Å². The first kappa shape index (κ1) is 18.0. The molecule has 0 saturated heterocycles. The first-order chi connectivity index (χ1) is 11.9. The third-order valence-corrected chi connectivity index (χ3v) is 4.81. The SMILES string of the molecule is Cc1nn(CC(=O)Nc2ccn(Cc3ccc(Cl)cc3Cl)n2)cc1Br. The Morgan fingerprint density at radius 2 is 2.04 bits per heavy atom. The Morgan fingerprint density at radius 1 is 1.24 bits per heavy atom. The van der Waals surface area contributed by atoms with Gasteiger partial charge in [0, 0.05) is 28.5 Å². The van der Waals surface area contributed by atoms with E-state index in [1.165, 1.54) is 0 Å². The Morgan fingerprint density at radius 3 is 2.72 bits per heavy atom. The smallest absolute Gasteiger partial charge is 0.247 e. The van der Waals surface area contributed by atoms with Gasteiger partial charge in [0.05, 0.1) is 16.7 Å². The fraction of sp³-hybridized carbons (Fsp3) is 0.188. The molecule has 0 bridgehead atoms. The number of nitrogens with one attached hydrogen (secondary N) is 1. The van der Waals surface area contributed by atoms with E-state index in [2.05, 4.69) is 31.4 Å². The van der Waals surface area contributed by atoms with Gasteiger partial charge in [0.2, 0.25) is 5.91 Å². The second kappa shape index (κ2) is 7.59. The van der Waals surface area contributed by atoms with Crippen LogP contribution in [-0.4, -0.2) is 25.5 Å². The van der Waals surface area contributed by atoms with Crippen molar-refractivity contribution in [2.75, 3.05) is 5.32 Å². The van der Waals surface area contributed by atoms with Gasteiger partial charge in [-0.15, -0.1) is 0 Å². The van der Waals surface area contributed by atoms with Crippen molar-refractivity contribution in [2.45, 2.75) is 20.0 Å². The molecule has 0 saturated carbocycles. The third kappa shape index (κ3) is 4.62. The van der Waals surface area contributed by atoms with Crippen molar-refractivity contribution in [2.24, 2.45) is 0 Å². The first-order valence-corrected chi connectivity index (χ1v) is 8.92. The zero-order valence-electron chi connectivity index (χ0n) is 13.2. The second-order valence-electron chi connectivity index (χ2n) is 5.44. The van der Waals surface area contributed by atoms with Crippen molar-refractivity contribution in [3.63, 3.8) is 0 Å². The highest BCUT2D eigenvalue weighted by Gasteiger charge is 2.09. The van der Waals surface area contributed by atoms with Gasteiger partial charge in [0.25, 0.3) is 0 Å². The van der Waals surface area contributed by atoms with Crippen molar-refractivity contribution >= 4 is 50.9 Å². The highest BCUT2D eigenvalue weighted by molar-refractivity contribution is 9.10. The van der Waals surface area contributed by atoms with Gasteiger partial charge in [-0.1, -0.05) is 29.3 Å². The molecular formula is C16H14BrCl2N5O. The molecule has 6 nitrogen and oxygen atoms in total. The maximum atomic E-state index is 12.1. The van der Waals surface area contributed by atoms with E-state index < -0.39 is 0 Å². The number of aryl methyl sites for hydroxylation is 1. The molecule has 0 radical (unpaired) electrons. The third-order valence-electron chi connectivity index (χ3n) is 3.45. The minimum Gasteiger partial charge on any atom is -0.308 e. The largest absolute Gasteiger partial charge is 0.308 e. The van der Waals surface area contributed by atoms with E-state index >= 15 is 0 Å². The molecule has 1 amide bonds. The summed E-state index contributed by atoms with van der Waals surface area (Å²) in [5.41, 5.74) is 1.72. The summed E-state index contributed by atoms with van der Waals surface area (Å²) in [5, 5.41) is 12.5. The highest BCUT2D eigenvalue weighted by Crippen LogP contribution is 2.22. The molecule has 0 aliphatic rings. The molecule has 9 heteroatoms. The molecule has 25 heavy (non-hydrogen) atoms. The molecule has 2 aromatic heterocycles. The van der Waals surface area contributed by atoms with Crippen LogP contribution in [0.4, 0.5) is 5.82 Å². The minimum atomic E-state index is -0.204. The average molecular weight is 443 g/mol. The number of benzene rings is 1. The lowest BCUT2D eigenvalue weighted by atomic mass is 10.2. The highest BCUT2D eigenvalue weighted by atomic mass is 79.9. The lowest BCUT2D eigenvalue weighted by Crippen LogP contribution is -2.19. The van der Waals surface area contributed by atoms with Crippen molar-refractivity contribution < 1.29 is 4.79 Å². The number of nitrogens with zero attached hydrogens (tertiary/aromatic N) is 4. The molecule has 0 unspecified atom stereocenters. The Hall–Kier alpha value is -1.83. The van der Waals surface area contributed by atoms with Crippen molar-refractivity contribution in [3.8, 4) is 0 Å². The Bertz CT molecular complexity index is 902. The van der Waals surface area contributed by atoms with Crippen molar-refractivity contribution in [3.05, 3.63) is 62.4 Å². The molecule has 0 aliphatic heterocycles. The molecule has 1 N–H and O–H groups in total. The van der Waals surface area contributed by atoms with Crippen LogP contribution in [0.2, 0.25) is 10.0 Å². The predicted molar refractivity (Wildman–Crippen MR) is 101 cm³/mol. The summed E-state index contributed by atoms with van der Waals surface area (Å²) in [6, 6.07) is 7.04. The number of carbonyl (C=O) groups is 1. The number of rotatable bonds is 5. The Balaban J connectivity index is 1.62. The van der Waals surface area contributed by atoms with E-state index in [1.807, 2.05) is 13.0 Å². The zero-order valence-corrected chi connectivity index (χ0v) is 16.3. The van der Waals surface area contributed by atoms with E-state index in [0.29, 0.717) is 22.4 Å². The lowest BCUT2D eigenvalue weighted by Gasteiger charge is -2.05. The molecule has 130 valence electrons. The summed E-state index contributed by atoms with van der Waals surface area (Å²) < 4.78 is 4.13. The Labute approximate surface area is 162 Å². The summed E-state index contributed by atoms with van der Waals surface area (Å²) >= 11 is 15.4. The number of amides is 1. The van der Waals surface area contributed by atoms with Crippen LogP contribution in [0.25, 0.3) is 0 Å². The van der Waals surface area contributed by atoms with E-state index in [1.54, 1.807) is 40.0 Å². The number of hydrogen-bond acceptors (Lipinski definition) is 3. The number of halogens is 3. The number of hydrogen-bond donors (Lipinski definition) is 1. The van der Waals surface area contributed by atoms with Gasteiger partial charge in [-0.2, -0.15) is 10.2 Å². The zero-order chi connectivity index (χ0) is 18.0. The van der Waals surface area contributed by atoms with Crippen molar-refractivity contribution in [1.29, 1.82) is 0 Å². The lowest BCUT2D eigenvalue weighted by molar-refractivity contribution is -0.116. The van der Waals surface area contributed by atoms with Crippen LogP contribution < -0.4 is 5.32 Å². The maximum Gasteiger partial charge on any atom is 0.247 e. The van der Waals surface area contributed by atoms with Crippen LogP contribution in [0.1, 0.15) is 11.3 Å². The van der Waals surface area contributed by atoms with Gasteiger partial charge >= 0.3 is 0 Å². The summed E-state index contributed by atoms with van der Waals surface area (Å²) in [5.74, 6) is 0.266. The summed E-state index contributed by atoms with van der Waals surface area (Å²) in [7, 11) is 0. The molecule has 0 spiro atoms. The normalized spacial score (nSPS) is 10.9. The second-order valence-corrected chi connectivity index (χ2v) is 7.14. The van der Waals surface area contributed by atoms with Crippen molar-refractivity contribution in [1.82, 2.24) is 19.6 Å². The van der Waals surface area contributed by atoms with Crippen LogP contribution in [0.5, 0.6) is 0 Å². The van der Waals surface area contributed by atoms with Gasteiger partial charge < -0.3 is 5.32 Å². The average Bonchev–Trinajstić information content (AvgIpc) is 3.09. The molecule has 2 heterocycles. The number of aromatic nitrogens is 4. The molecule has 0 atom stereocenters. The first-order valence-electron chi connectivity index (χ1n) is 7.37. The predicted octanol–water partition coefficient (Wildman–Crippen LogP) is 4.14. The Kier molecular flexibility index (Phi) is 5.46. The van der Waals surface area contributed by atoms with Gasteiger partial charge in [-0.3, -0.25) is 14.2 Å². The molecule has 1 aromatic carbocycles. The summed E-state index contributed by atoms with van der Waals surface area (Å²) in [4.78, 5) is 12.1. The van der Waals surface area contributed by atoms with Crippen LogP contribution in [0.15, 0.2) is 41.1 Å². The number of anilines is 1. The van der Waals surface area contributed by atoms with Gasteiger partial charge in [-0.05, 0) is 40.5 Å². The van der Waals surface area contributed by atoms with Gasteiger partial charge in [0.1, 0.15) is 6.54 Å². The standard InChI is InChI=1S/C16H14BrCl2N5O/c1-10-13(17)8-24(21-10)9-16(25)20-15-4-5-23(22-15)7-11-2-3-12(18)6-14(11)19/h2-6,8H,7,9H2,1H3,(H,20,22,25). The van der Waals surface area contributed by atoms with Crippen LogP contribution >= 0.6 is 39.1 Å². The van der Waals surface area contributed by atoms with E-state index in [0.717, 1.165) is 15.7 Å². The fourth-order valence-corrected chi connectivity index (χ4v) is 3.03. The monoisotopic (exact) mass is 441 g/mol. The van der Waals surface area contributed by atoms with Gasteiger partial charge in [-0.25, -0.2) is 0 Å². The molecule has 0 fully saturated rings. The maximum absolute atomic E-state index is 12.1. The number of carbonyl (C=O) groups excluding carboxylic acids is 1.